The van der Waals surface area contributed by atoms with Gasteiger partial charge in [-0.3, -0.25) is 0 Å². The van der Waals surface area contributed by atoms with Crippen LogP contribution in [-0.2, 0) is 0 Å². The SMILES string of the molecule is Cc1cccc(-n2c3ccccc3c3cc4ccc(-c5ccc6c7ccc8ccccc8c7n(-c7cccc(C)c7)c6c5)cc4cc32)c1. The predicted octanol–water partition coefficient (Wildman–Crippen LogP) is 12.5. The molecule has 8 aromatic carbocycles. The van der Waals surface area contributed by atoms with Gasteiger partial charge < -0.3 is 9.13 Å². The molecule has 0 atom stereocenters. The number of aromatic nitrogens is 2. The number of para-hydroxylation sites is 1. The Hall–Kier alpha value is -6.12. The quantitative estimate of drug-likeness (QED) is 0.188. The number of fused-ring (bicyclic) bond motifs is 9. The van der Waals surface area contributed by atoms with Crippen LogP contribution in [0.2, 0.25) is 0 Å². The molecule has 0 amide bonds. The summed E-state index contributed by atoms with van der Waals surface area (Å²) in [5, 5.41) is 10.1. The van der Waals surface area contributed by atoms with Crippen LogP contribution in [0.4, 0.5) is 0 Å². The molecule has 0 unspecified atom stereocenters. The van der Waals surface area contributed by atoms with E-state index in [1.807, 2.05) is 0 Å². The molecule has 0 aliphatic carbocycles. The highest BCUT2D eigenvalue weighted by Crippen LogP contribution is 2.40. The molecule has 2 nitrogen and oxygen atoms in total. The van der Waals surface area contributed by atoms with Gasteiger partial charge in [-0.25, -0.2) is 0 Å². The van der Waals surface area contributed by atoms with E-state index in [-0.39, 0.29) is 0 Å². The fourth-order valence-corrected chi connectivity index (χ4v) is 7.93. The van der Waals surface area contributed by atoms with Crippen LogP contribution in [0.5, 0.6) is 0 Å². The van der Waals surface area contributed by atoms with Crippen LogP contribution in [0, 0.1) is 13.8 Å². The van der Waals surface area contributed by atoms with E-state index in [1.165, 1.54) is 98.8 Å². The van der Waals surface area contributed by atoms with Gasteiger partial charge in [-0.05, 0) is 107 Å². The van der Waals surface area contributed by atoms with E-state index < -0.39 is 0 Å². The highest BCUT2D eigenvalue weighted by molar-refractivity contribution is 6.19. The van der Waals surface area contributed by atoms with Gasteiger partial charge in [-0.1, -0.05) is 103 Å². The third kappa shape index (κ3) is 3.99. The molecule has 0 spiro atoms. The van der Waals surface area contributed by atoms with E-state index in [9.17, 15) is 0 Å². The summed E-state index contributed by atoms with van der Waals surface area (Å²) in [7, 11) is 0. The summed E-state index contributed by atoms with van der Waals surface area (Å²) in [6.07, 6.45) is 0. The van der Waals surface area contributed by atoms with Crippen molar-refractivity contribution in [2.45, 2.75) is 13.8 Å². The number of nitrogens with zero attached hydrogens (tertiary/aromatic N) is 2. The molecule has 2 aromatic heterocycles. The van der Waals surface area contributed by atoms with E-state index in [0.717, 1.165) is 0 Å². The second-order valence-electron chi connectivity index (χ2n) is 13.2. The summed E-state index contributed by atoms with van der Waals surface area (Å²) in [6.45, 7) is 4.34. The zero-order chi connectivity index (χ0) is 31.9. The Balaban J connectivity index is 1.22. The maximum absolute atomic E-state index is 2.47. The second-order valence-corrected chi connectivity index (χ2v) is 13.2. The zero-order valence-electron chi connectivity index (χ0n) is 26.9. The van der Waals surface area contributed by atoms with E-state index in [0.29, 0.717) is 0 Å². The van der Waals surface area contributed by atoms with Crippen LogP contribution < -0.4 is 0 Å². The van der Waals surface area contributed by atoms with Gasteiger partial charge in [0, 0.05) is 38.3 Å². The molecule has 0 saturated heterocycles. The van der Waals surface area contributed by atoms with Crippen LogP contribution >= 0.6 is 0 Å². The molecular formula is C46H32N2. The van der Waals surface area contributed by atoms with Gasteiger partial charge in [0.25, 0.3) is 0 Å². The predicted molar refractivity (Wildman–Crippen MR) is 205 cm³/mol. The summed E-state index contributed by atoms with van der Waals surface area (Å²) in [5.74, 6) is 0. The average molecular weight is 613 g/mol. The van der Waals surface area contributed by atoms with Crippen LogP contribution in [0.3, 0.4) is 0 Å². The Morgan fingerprint density at radius 3 is 1.77 bits per heavy atom. The minimum Gasteiger partial charge on any atom is -0.309 e. The van der Waals surface area contributed by atoms with Gasteiger partial charge in [-0.15, -0.1) is 0 Å². The minimum absolute atomic E-state index is 1.19. The summed E-state index contributed by atoms with van der Waals surface area (Å²) in [6, 6.07) is 58.4. The maximum Gasteiger partial charge on any atom is 0.0619 e. The van der Waals surface area contributed by atoms with Crippen molar-refractivity contribution in [1.29, 1.82) is 0 Å². The second kappa shape index (κ2) is 10.2. The Kier molecular flexibility index (Phi) is 5.74. The molecule has 2 heteroatoms. The van der Waals surface area contributed by atoms with E-state index >= 15 is 0 Å². The van der Waals surface area contributed by atoms with Gasteiger partial charge >= 0.3 is 0 Å². The Bertz CT molecular complexity index is 2920. The summed E-state index contributed by atoms with van der Waals surface area (Å²) >= 11 is 0. The Labute approximate surface area is 278 Å². The summed E-state index contributed by atoms with van der Waals surface area (Å²) in [5.41, 5.74) is 12.3. The van der Waals surface area contributed by atoms with Crippen LogP contribution in [-0.4, -0.2) is 9.13 Å². The topological polar surface area (TPSA) is 9.86 Å². The number of aryl methyl sites for hydroxylation is 2. The molecule has 48 heavy (non-hydrogen) atoms. The van der Waals surface area contributed by atoms with Gasteiger partial charge in [0.2, 0.25) is 0 Å². The molecule has 0 radical (unpaired) electrons. The first-order valence-electron chi connectivity index (χ1n) is 16.7. The van der Waals surface area contributed by atoms with Crippen molar-refractivity contribution in [2.75, 3.05) is 0 Å². The molecule has 0 aliphatic rings. The first-order valence-corrected chi connectivity index (χ1v) is 16.7. The molecule has 0 N–H and O–H groups in total. The van der Waals surface area contributed by atoms with Crippen LogP contribution in [0.1, 0.15) is 11.1 Å². The molecule has 10 rings (SSSR count). The number of hydrogen-bond acceptors (Lipinski definition) is 0. The zero-order valence-corrected chi connectivity index (χ0v) is 26.9. The van der Waals surface area contributed by atoms with Crippen LogP contribution in [0.25, 0.3) is 87.7 Å². The molecule has 0 fully saturated rings. The van der Waals surface area contributed by atoms with Gasteiger partial charge in [-0.2, -0.15) is 0 Å². The smallest absolute Gasteiger partial charge is 0.0619 e. The molecule has 0 bridgehead atoms. The monoisotopic (exact) mass is 612 g/mol. The van der Waals surface area contributed by atoms with E-state index in [4.69, 9.17) is 0 Å². The molecule has 10 aromatic rings. The number of rotatable bonds is 3. The molecule has 0 saturated carbocycles. The first-order chi connectivity index (χ1) is 23.6. The normalized spacial score (nSPS) is 12.0. The van der Waals surface area contributed by atoms with Crippen molar-refractivity contribution in [3.63, 3.8) is 0 Å². The first kappa shape index (κ1) is 27.0. The fourth-order valence-electron chi connectivity index (χ4n) is 7.93. The lowest BCUT2D eigenvalue weighted by Gasteiger charge is -2.12. The minimum atomic E-state index is 1.19. The highest BCUT2D eigenvalue weighted by atomic mass is 15.0. The molecule has 0 aliphatic heterocycles. The average Bonchev–Trinajstić information content (AvgIpc) is 3.62. The lowest BCUT2D eigenvalue weighted by atomic mass is 9.98. The lowest BCUT2D eigenvalue weighted by Crippen LogP contribution is -1.95. The molecule has 2 heterocycles. The van der Waals surface area contributed by atoms with Crippen LogP contribution in [0.15, 0.2) is 158 Å². The van der Waals surface area contributed by atoms with E-state index in [1.54, 1.807) is 0 Å². The third-order valence-corrected chi connectivity index (χ3v) is 10.1. The lowest BCUT2D eigenvalue weighted by molar-refractivity contribution is 1.17. The van der Waals surface area contributed by atoms with E-state index in [2.05, 4.69) is 181 Å². The largest absolute Gasteiger partial charge is 0.309 e. The van der Waals surface area contributed by atoms with Crippen molar-refractivity contribution >= 4 is 65.2 Å². The number of hydrogen-bond donors (Lipinski definition) is 0. The highest BCUT2D eigenvalue weighted by Gasteiger charge is 2.17. The van der Waals surface area contributed by atoms with Crippen molar-refractivity contribution in [3.8, 4) is 22.5 Å². The van der Waals surface area contributed by atoms with Gasteiger partial charge in [0.15, 0.2) is 0 Å². The third-order valence-electron chi connectivity index (χ3n) is 10.1. The Morgan fingerprint density at radius 2 is 0.958 bits per heavy atom. The Morgan fingerprint density at radius 1 is 0.333 bits per heavy atom. The van der Waals surface area contributed by atoms with Gasteiger partial charge in [0.05, 0.1) is 22.1 Å². The fraction of sp³-hybridized carbons (Fsp3) is 0.0435. The standard InChI is InChI=1S/C46H32N2/c1-29-9-7-12-36(23-29)47-43-16-6-5-15-39(43)42-26-33-18-17-32(25-35(33)28-45(42)47)34-20-21-40-41-22-19-31-11-3-4-14-38(31)46(41)48(44(40)27-34)37-13-8-10-30(2)24-37/h3-28H,1-2H3. The number of benzene rings is 8. The van der Waals surface area contributed by atoms with Gasteiger partial charge in [0.1, 0.15) is 0 Å². The van der Waals surface area contributed by atoms with Crippen molar-refractivity contribution < 1.29 is 0 Å². The summed E-state index contributed by atoms with van der Waals surface area (Å²) < 4.78 is 4.88. The molecule has 226 valence electrons. The summed E-state index contributed by atoms with van der Waals surface area (Å²) in [4.78, 5) is 0. The molecular weight excluding hydrogens is 581 g/mol. The maximum atomic E-state index is 2.47. The van der Waals surface area contributed by atoms with Crippen molar-refractivity contribution in [3.05, 3.63) is 169 Å². The van der Waals surface area contributed by atoms with Crippen molar-refractivity contribution in [2.24, 2.45) is 0 Å². The van der Waals surface area contributed by atoms with Crippen molar-refractivity contribution in [1.82, 2.24) is 9.13 Å².